The SMILES string of the molecule is CCCCCCOc1ccccc1C(O)(O)N(C(=O)c1ccc(-c2cccc(C)c2)cc1)C1CC1.O=CO. The van der Waals surface area contributed by atoms with Gasteiger partial charge in [-0.05, 0) is 61.6 Å². The van der Waals surface area contributed by atoms with Gasteiger partial charge in [0.2, 0.25) is 0 Å². The Morgan fingerprint density at radius 2 is 1.66 bits per heavy atom. The summed E-state index contributed by atoms with van der Waals surface area (Å²) in [6.07, 6.45) is 5.70. The molecule has 0 unspecified atom stereocenters. The van der Waals surface area contributed by atoms with E-state index >= 15 is 0 Å². The Kier molecular flexibility index (Phi) is 10.4. The van der Waals surface area contributed by atoms with Gasteiger partial charge in [-0.15, -0.1) is 0 Å². The first-order valence-corrected chi connectivity index (χ1v) is 13.1. The van der Waals surface area contributed by atoms with Gasteiger partial charge in [0.25, 0.3) is 18.3 Å². The molecule has 0 atom stereocenters. The summed E-state index contributed by atoms with van der Waals surface area (Å²) in [5.41, 5.74) is 3.85. The van der Waals surface area contributed by atoms with Crippen molar-refractivity contribution in [3.8, 4) is 16.9 Å². The number of unbranched alkanes of at least 4 members (excludes halogenated alkanes) is 3. The number of ether oxygens (including phenoxy) is 1. The number of hydrogen-bond donors (Lipinski definition) is 3. The lowest BCUT2D eigenvalue weighted by Crippen LogP contribution is -2.51. The van der Waals surface area contributed by atoms with Crippen LogP contribution in [0, 0.1) is 6.92 Å². The van der Waals surface area contributed by atoms with Gasteiger partial charge in [-0.25, -0.2) is 0 Å². The maximum Gasteiger partial charge on any atom is 0.290 e. The highest BCUT2D eigenvalue weighted by atomic mass is 16.5. The van der Waals surface area contributed by atoms with Crippen molar-refractivity contribution in [2.24, 2.45) is 0 Å². The summed E-state index contributed by atoms with van der Waals surface area (Å²) in [7, 11) is 0. The smallest absolute Gasteiger partial charge is 0.290 e. The molecular weight excluding hydrogens is 482 g/mol. The van der Waals surface area contributed by atoms with E-state index in [0.29, 0.717) is 17.9 Å². The Morgan fingerprint density at radius 3 is 2.29 bits per heavy atom. The Hall–Kier alpha value is -3.68. The van der Waals surface area contributed by atoms with Crippen LogP contribution in [0.3, 0.4) is 0 Å². The van der Waals surface area contributed by atoms with Crippen molar-refractivity contribution in [3.63, 3.8) is 0 Å². The topological polar surface area (TPSA) is 107 Å². The maximum atomic E-state index is 13.6. The number of benzene rings is 3. The Labute approximate surface area is 224 Å². The first kappa shape index (κ1) is 28.9. The number of carbonyl (C=O) groups is 2. The number of rotatable bonds is 11. The molecule has 38 heavy (non-hydrogen) atoms. The molecule has 0 bridgehead atoms. The van der Waals surface area contributed by atoms with Crippen LogP contribution in [-0.4, -0.2) is 45.2 Å². The third-order valence-electron chi connectivity index (χ3n) is 6.45. The van der Waals surface area contributed by atoms with E-state index in [1.54, 1.807) is 36.4 Å². The van der Waals surface area contributed by atoms with E-state index < -0.39 is 11.8 Å². The van der Waals surface area contributed by atoms with Crippen LogP contribution < -0.4 is 4.74 Å². The molecule has 7 heteroatoms. The second-order valence-corrected chi connectivity index (χ2v) is 9.50. The van der Waals surface area contributed by atoms with E-state index in [1.807, 2.05) is 37.3 Å². The summed E-state index contributed by atoms with van der Waals surface area (Å²) in [6.45, 7) is 4.44. The van der Waals surface area contributed by atoms with E-state index in [2.05, 4.69) is 13.0 Å². The van der Waals surface area contributed by atoms with Gasteiger partial charge in [0.1, 0.15) is 5.75 Å². The fourth-order valence-corrected chi connectivity index (χ4v) is 4.37. The molecular formula is C31H37NO6. The van der Waals surface area contributed by atoms with Crippen molar-refractivity contribution in [1.29, 1.82) is 0 Å². The molecule has 3 aromatic carbocycles. The number of carboxylic acid groups (broad SMARTS) is 1. The van der Waals surface area contributed by atoms with E-state index in [-0.39, 0.29) is 18.1 Å². The van der Waals surface area contributed by atoms with Crippen LogP contribution >= 0.6 is 0 Å². The lowest BCUT2D eigenvalue weighted by Gasteiger charge is -2.36. The van der Waals surface area contributed by atoms with Gasteiger partial charge in [-0.3, -0.25) is 14.5 Å². The van der Waals surface area contributed by atoms with Crippen LogP contribution in [0.2, 0.25) is 0 Å². The van der Waals surface area contributed by atoms with Crippen LogP contribution in [0.5, 0.6) is 5.75 Å². The number of hydrogen-bond acceptors (Lipinski definition) is 5. The minimum absolute atomic E-state index is 0.187. The fourth-order valence-electron chi connectivity index (χ4n) is 4.37. The minimum atomic E-state index is -2.48. The predicted octanol–water partition coefficient (Wildman–Crippen LogP) is 5.72. The van der Waals surface area contributed by atoms with Crippen molar-refractivity contribution in [3.05, 3.63) is 89.5 Å². The molecule has 1 aliphatic rings. The zero-order valence-electron chi connectivity index (χ0n) is 22.0. The quantitative estimate of drug-likeness (QED) is 0.170. The summed E-state index contributed by atoms with van der Waals surface area (Å²) in [6, 6.07) is 22.1. The minimum Gasteiger partial charge on any atom is -0.493 e. The average molecular weight is 520 g/mol. The van der Waals surface area contributed by atoms with Gasteiger partial charge in [0.05, 0.1) is 12.2 Å². The van der Waals surface area contributed by atoms with E-state index in [1.165, 1.54) is 10.5 Å². The third-order valence-corrected chi connectivity index (χ3v) is 6.45. The first-order chi connectivity index (χ1) is 18.3. The molecule has 0 aliphatic heterocycles. The van der Waals surface area contributed by atoms with Gasteiger partial charge in [-0.2, -0.15) is 0 Å². The highest BCUT2D eigenvalue weighted by Gasteiger charge is 2.48. The van der Waals surface area contributed by atoms with Gasteiger partial charge < -0.3 is 20.1 Å². The van der Waals surface area contributed by atoms with Crippen molar-refractivity contribution in [2.45, 2.75) is 64.3 Å². The van der Waals surface area contributed by atoms with Crippen LogP contribution in [0.1, 0.15) is 66.9 Å². The number of aryl methyl sites for hydroxylation is 1. The average Bonchev–Trinajstić information content (AvgIpc) is 3.74. The Morgan fingerprint density at radius 1 is 0.974 bits per heavy atom. The zero-order valence-corrected chi connectivity index (χ0v) is 22.0. The predicted molar refractivity (Wildman–Crippen MR) is 147 cm³/mol. The van der Waals surface area contributed by atoms with Crippen LogP contribution in [0.15, 0.2) is 72.8 Å². The molecule has 0 aromatic heterocycles. The maximum absolute atomic E-state index is 13.6. The fraction of sp³-hybridized carbons (Fsp3) is 0.355. The first-order valence-electron chi connectivity index (χ1n) is 13.1. The van der Waals surface area contributed by atoms with Gasteiger partial charge in [0.15, 0.2) is 0 Å². The van der Waals surface area contributed by atoms with E-state index in [4.69, 9.17) is 14.6 Å². The molecule has 3 N–H and O–H groups in total. The summed E-state index contributed by atoms with van der Waals surface area (Å²) < 4.78 is 5.92. The largest absolute Gasteiger partial charge is 0.493 e. The van der Waals surface area contributed by atoms with Crippen molar-refractivity contribution < 1.29 is 29.6 Å². The van der Waals surface area contributed by atoms with E-state index in [0.717, 1.165) is 49.7 Å². The molecule has 0 heterocycles. The molecule has 1 fully saturated rings. The van der Waals surface area contributed by atoms with Crippen molar-refractivity contribution >= 4 is 12.4 Å². The Bertz CT molecular complexity index is 1190. The monoisotopic (exact) mass is 519 g/mol. The standard InChI is InChI=1S/C30H35NO4.CH2O2/c1-3-4-5-8-20-35-28-13-7-6-12-27(28)30(33,34)31(26-18-19-26)29(32)24-16-14-23(15-17-24)25-11-9-10-22(2)21-25;2-1-3/h6-7,9-17,21,26,33-34H,3-5,8,18-20H2,1-2H3;1H,(H,2,3). The van der Waals surface area contributed by atoms with Gasteiger partial charge in [-0.1, -0.05) is 80.3 Å². The van der Waals surface area contributed by atoms with E-state index in [9.17, 15) is 15.0 Å². The zero-order chi connectivity index (χ0) is 27.5. The molecule has 3 aromatic rings. The highest BCUT2D eigenvalue weighted by molar-refractivity contribution is 5.95. The summed E-state index contributed by atoms with van der Waals surface area (Å²) in [4.78, 5) is 23.1. The molecule has 0 saturated heterocycles. The van der Waals surface area contributed by atoms with Crippen LogP contribution in [-0.2, 0) is 10.7 Å². The normalized spacial score (nSPS) is 12.7. The molecule has 1 amide bonds. The molecule has 0 spiro atoms. The van der Waals surface area contributed by atoms with Gasteiger partial charge >= 0.3 is 0 Å². The van der Waals surface area contributed by atoms with Crippen LogP contribution in [0.4, 0.5) is 0 Å². The molecule has 1 aliphatic carbocycles. The second kappa shape index (κ2) is 13.7. The molecule has 7 nitrogen and oxygen atoms in total. The third kappa shape index (κ3) is 7.43. The number of nitrogens with zero attached hydrogens (tertiary/aromatic N) is 1. The number of aliphatic hydroxyl groups is 2. The molecule has 4 rings (SSSR count). The van der Waals surface area contributed by atoms with Crippen LogP contribution in [0.25, 0.3) is 11.1 Å². The number of amides is 1. The van der Waals surface area contributed by atoms with Crippen molar-refractivity contribution in [1.82, 2.24) is 4.90 Å². The molecule has 202 valence electrons. The second-order valence-electron chi connectivity index (χ2n) is 9.50. The Balaban J connectivity index is 0.00000127. The number of para-hydroxylation sites is 1. The molecule has 1 saturated carbocycles. The highest BCUT2D eigenvalue weighted by Crippen LogP contribution is 2.40. The number of carbonyl (C=O) groups excluding carboxylic acids is 1. The molecule has 0 radical (unpaired) electrons. The summed E-state index contributed by atoms with van der Waals surface area (Å²) in [5.74, 6) is -2.50. The summed E-state index contributed by atoms with van der Waals surface area (Å²) >= 11 is 0. The lowest BCUT2D eigenvalue weighted by molar-refractivity contribution is -0.259. The lowest BCUT2D eigenvalue weighted by atomic mass is 10.0. The van der Waals surface area contributed by atoms with Gasteiger partial charge in [0, 0.05) is 11.6 Å². The van der Waals surface area contributed by atoms with Crippen molar-refractivity contribution in [2.75, 3.05) is 6.61 Å². The summed E-state index contributed by atoms with van der Waals surface area (Å²) in [5, 5.41) is 29.6.